The first kappa shape index (κ1) is 12.5. The minimum Gasteiger partial charge on any atom is -0.212 e. The molecule has 1 rings (SSSR count). The van der Waals surface area contributed by atoms with Crippen LogP contribution in [0.3, 0.4) is 0 Å². The van der Waals surface area contributed by atoms with Gasteiger partial charge in [0.2, 0.25) is 10.0 Å². The number of sulfonamides is 1. The Hall–Kier alpha value is -0.600. The lowest BCUT2D eigenvalue weighted by Gasteiger charge is -2.38. The fourth-order valence-electron chi connectivity index (χ4n) is 2.09. The van der Waals surface area contributed by atoms with E-state index in [-0.39, 0.29) is 5.75 Å². The summed E-state index contributed by atoms with van der Waals surface area (Å²) in [7, 11) is -3.21. The minimum absolute atomic E-state index is 0.191. The van der Waals surface area contributed by atoms with Crippen molar-refractivity contribution in [1.29, 1.82) is 5.26 Å². The Kier molecular flexibility index (Phi) is 3.74. The van der Waals surface area contributed by atoms with Crippen LogP contribution in [0.5, 0.6) is 0 Å². The SMILES string of the molecule is CCC(C#N)(CC)N1CCCCS1(=O)=O. The van der Waals surface area contributed by atoms with Gasteiger partial charge < -0.3 is 0 Å². The topological polar surface area (TPSA) is 61.2 Å². The molecule has 0 atom stereocenters. The molecule has 15 heavy (non-hydrogen) atoms. The summed E-state index contributed by atoms with van der Waals surface area (Å²) in [6, 6.07) is 2.19. The number of hydrogen-bond donors (Lipinski definition) is 0. The first-order valence-electron chi connectivity index (χ1n) is 5.44. The highest BCUT2D eigenvalue weighted by Gasteiger charge is 2.42. The zero-order valence-electron chi connectivity index (χ0n) is 9.36. The fourth-order valence-corrected chi connectivity index (χ4v) is 4.11. The van der Waals surface area contributed by atoms with Crippen molar-refractivity contribution in [1.82, 2.24) is 4.31 Å². The highest BCUT2D eigenvalue weighted by Crippen LogP contribution is 2.29. The highest BCUT2D eigenvalue weighted by atomic mass is 32.2. The van der Waals surface area contributed by atoms with Crippen LogP contribution in [0.4, 0.5) is 0 Å². The minimum atomic E-state index is -3.21. The summed E-state index contributed by atoms with van der Waals surface area (Å²) in [5.41, 5.74) is -0.820. The first-order valence-corrected chi connectivity index (χ1v) is 7.05. The van der Waals surface area contributed by atoms with Crippen LogP contribution in [-0.4, -0.2) is 30.6 Å². The van der Waals surface area contributed by atoms with Crippen LogP contribution >= 0.6 is 0 Å². The molecule has 86 valence electrons. The summed E-state index contributed by atoms with van der Waals surface area (Å²) in [5, 5.41) is 9.20. The number of hydrogen-bond acceptors (Lipinski definition) is 3. The zero-order chi connectivity index (χ0) is 11.5. The summed E-state index contributed by atoms with van der Waals surface area (Å²) < 4.78 is 25.2. The highest BCUT2D eigenvalue weighted by molar-refractivity contribution is 7.89. The number of nitrogens with zero attached hydrogens (tertiary/aromatic N) is 2. The van der Waals surface area contributed by atoms with Crippen molar-refractivity contribution in [3.63, 3.8) is 0 Å². The monoisotopic (exact) mass is 230 g/mol. The molecule has 1 saturated heterocycles. The van der Waals surface area contributed by atoms with Crippen molar-refractivity contribution < 1.29 is 8.42 Å². The molecule has 1 aliphatic rings. The van der Waals surface area contributed by atoms with Crippen molar-refractivity contribution >= 4 is 10.0 Å². The van der Waals surface area contributed by atoms with E-state index < -0.39 is 15.6 Å². The van der Waals surface area contributed by atoms with E-state index in [1.165, 1.54) is 4.31 Å². The first-order chi connectivity index (χ1) is 7.02. The molecular weight excluding hydrogens is 212 g/mol. The normalized spacial score (nSPS) is 22.2. The van der Waals surface area contributed by atoms with Crippen LogP contribution in [0.1, 0.15) is 39.5 Å². The van der Waals surface area contributed by atoms with Crippen molar-refractivity contribution in [2.45, 2.75) is 45.1 Å². The third-order valence-corrected chi connectivity index (χ3v) is 5.21. The molecule has 0 aromatic rings. The maximum atomic E-state index is 11.9. The molecule has 0 aliphatic carbocycles. The third-order valence-electron chi connectivity index (χ3n) is 3.20. The average Bonchev–Trinajstić information content (AvgIpc) is 2.23. The lowest BCUT2D eigenvalue weighted by atomic mass is 9.94. The van der Waals surface area contributed by atoms with E-state index in [9.17, 15) is 13.7 Å². The second kappa shape index (κ2) is 4.50. The molecule has 0 amide bonds. The molecule has 5 heteroatoms. The Morgan fingerprint density at radius 2 is 1.93 bits per heavy atom. The Morgan fingerprint density at radius 1 is 1.33 bits per heavy atom. The van der Waals surface area contributed by atoms with Gasteiger partial charge >= 0.3 is 0 Å². The summed E-state index contributed by atoms with van der Waals surface area (Å²) in [6.45, 7) is 4.24. The average molecular weight is 230 g/mol. The van der Waals surface area contributed by atoms with E-state index in [0.717, 1.165) is 6.42 Å². The molecule has 0 unspecified atom stereocenters. The second-order valence-electron chi connectivity index (χ2n) is 3.95. The molecule has 1 fully saturated rings. The lowest BCUT2D eigenvalue weighted by molar-refractivity contribution is 0.221. The van der Waals surface area contributed by atoms with Gasteiger partial charge in [-0.25, -0.2) is 8.42 Å². The molecule has 0 N–H and O–H groups in total. The van der Waals surface area contributed by atoms with Crippen LogP contribution in [0.25, 0.3) is 0 Å². The maximum absolute atomic E-state index is 11.9. The molecule has 0 bridgehead atoms. The van der Waals surface area contributed by atoms with Gasteiger partial charge in [-0.3, -0.25) is 0 Å². The molecule has 0 aromatic heterocycles. The van der Waals surface area contributed by atoms with E-state index in [2.05, 4.69) is 6.07 Å². The van der Waals surface area contributed by atoms with Gasteiger partial charge in [-0.15, -0.1) is 0 Å². The van der Waals surface area contributed by atoms with Crippen molar-refractivity contribution in [3.05, 3.63) is 0 Å². The van der Waals surface area contributed by atoms with Gasteiger partial charge in [0.25, 0.3) is 0 Å². The van der Waals surface area contributed by atoms with Crippen LogP contribution in [0.2, 0.25) is 0 Å². The molecule has 1 aliphatic heterocycles. The van der Waals surface area contributed by atoms with Gasteiger partial charge in [0.05, 0.1) is 11.8 Å². The molecule has 0 radical (unpaired) electrons. The van der Waals surface area contributed by atoms with Crippen LogP contribution in [-0.2, 0) is 10.0 Å². The summed E-state index contributed by atoms with van der Waals surface area (Å²) in [6.07, 6.45) is 2.69. The lowest BCUT2D eigenvalue weighted by Crippen LogP contribution is -2.53. The molecule has 1 heterocycles. The van der Waals surface area contributed by atoms with E-state index in [1.807, 2.05) is 13.8 Å². The van der Waals surface area contributed by atoms with E-state index >= 15 is 0 Å². The number of nitriles is 1. The Balaban J connectivity index is 3.08. The van der Waals surface area contributed by atoms with Crippen molar-refractivity contribution in [2.75, 3.05) is 12.3 Å². The molecule has 0 aromatic carbocycles. The van der Waals surface area contributed by atoms with Gasteiger partial charge in [-0.1, -0.05) is 13.8 Å². The quantitative estimate of drug-likeness (QED) is 0.738. The van der Waals surface area contributed by atoms with E-state index in [4.69, 9.17) is 0 Å². The molecule has 4 nitrogen and oxygen atoms in total. The van der Waals surface area contributed by atoms with Crippen LogP contribution < -0.4 is 0 Å². The largest absolute Gasteiger partial charge is 0.215 e. The van der Waals surface area contributed by atoms with Crippen LogP contribution in [0.15, 0.2) is 0 Å². The third kappa shape index (κ3) is 2.16. The maximum Gasteiger partial charge on any atom is 0.215 e. The molecule has 0 spiro atoms. The van der Waals surface area contributed by atoms with Gasteiger partial charge in [0.1, 0.15) is 5.54 Å². The van der Waals surface area contributed by atoms with Crippen molar-refractivity contribution in [3.8, 4) is 6.07 Å². The predicted octanol–water partition coefficient (Wildman–Crippen LogP) is 1.49. The van der Waals surface area contributed by atoms with Crippen LogP contribution in [0, 0.1) is 11.3 Å². The summed E-state index contributed by atoms with van der Waals surface area (Å²) >= 11 is 0. The molecular formula is C10H18N2O2S. The van der Waals surface area contributed by atoms with Crippen molar-refractivity contribution in [2.24, 2.45) is 0 Å². The van der Waals surface area contributed by atoms with Gasteiger partial charge in [0.15, 0.2) is 0 Å². The van der Waals surface area contributed by atoms with E-state index in [0.29, 0.717) is 25.8 Å². The van der Waals surface area contributed by atoms with Gasteiger partial charge in [-0.2, -0.15) is 9.57 Å². The Morgan fingerprint density at radius 3 is 2.33 bits per heavy atom. The zero-order valence-corrected chi connectivity index (χ0v) is 10.2. The standard InChI is InChI=1S/C10H18N2O2S/c1-3-10(4-2,9-11)12-7-5-6-8-15(12,13)14/h3-8H2,1-2H3. The number of rotatable bonds is 3. The Bertz CT molecular complexity index is 352. The predicted molar refractivity (Wildman–Crippen MR) is 58.7 cm³/mol. The summed E-state index contributed by atoms with van der Waals surface area (Å²) in [4.78, 5) is 0. The Labute approximate surface area is 91.9 Å². The fraction of sp³-hybridized carbons (Fsp3) is 0.900. The second-order valence-corrected chi connectivity index (χ2v) is 5.96. The van der Waals surface area contributed by atoms with E-state index in [1.54, 1.807) is 0 Å². The smallest absolute Gasteiger partial charge is 0.212 e. The van der Waals surface area contributed by atoms with Gasteiger partial charge in [0, 0.05) is 6.54 Å². The van der Waals surface area contributed by atoms with Gasteiger partial charge in [-0.05, 0) is 25.7 Å². The molecule has 0 saturated carbocycles. The summed E-state index contributed by atoms with van der Waals surface area (Å²) in [5.74, 6) is 0.191.